The van der Waals surface area contributed by atoms with E-state index in [2.05, 4.69) is 20.3 Å². The zero-order chi connectivity index (χ0) is 10.7. The summed E-state index contributed by atoms with van der Waals surface area (Å²) in [6.07, 6.45) is 4.93. The Balaban J connectivity index is 2.13. The smallest absolute Gasteiger partial charge is 0.171 e. The SMILES string of the molecule is CC(Nc1nccnc1Cl)c1nccs1. The van der Waals surface area contributed by atoms with Gasteiger partial charge in [0.2, 0.25) is 0 Å². The molecule has 78 valence electrons. The van der Waals surface area contributed by atoms with Crippen LogP contribution in [0.2, 0.25) is 5.15 Å². The molecule has 0 spiro atoms. The van der Waals surface area contributed by atoms with Gasteiger partial charge < -0.3 is 5.32 Å². The van der Waals surface area contributed by atoms with E-state index >= 15 is 0 Å². The van der Waals surface area contributed by atoms with Crippen LogP contribution in [0, 0.1) is 0 Å². The lowest BCUT2D eigenvalue weighted by atomic mass is 10.3. The van der Waals surface area contributed by atoms with E-state index in [9.17, 15) is 0 Å². The summed E-state index contributed by atoms with van der Waals surface area (Å²) < 4.78 is 0. The summed E-state index contributed by atoms with van der Waals surface area (Å²) >= 11 is 7.47. The first-order valence-electron chi connectivity index (χ1n) is 4.40. The van der Waals surface area contributed by atoms with E-state index in [-0.39, 0.29) is 6.04 Å². The van der Waals surface area contributed by atoms with Crippen molar-refractivity contribution in [2.75, 3.05) is 5.32 Å². The van der Waals surface area contributed by atoms with Crippen molar-refractivity contribution in [1.82, 2.24) is 15.0 Å². The van der Waals surface area contributed by atoms with Crippen molar-refractivity contribution in [3.8, 4) is 0 Å². The van der Waals surface area contributed by atoms with Gasteiger partial charge in [-0.05, 0) is 6.92 Å². The van der Waals surface area contributed by atoms with E-state index in [1.54, 1.807) is 29.9 Å². The topological polar surface area (TPSA) is 50.7 Å². The van der Waals surface area contributed by atoms with Crippen LogP contribution < -0.4 is 5.32 Å². The molecule has 0 aromatic carbocycles. The van der Waals surface area contributed by atoms with Crippen LogP contribution in [0.1, 0.15) is 18.0 Å². The highest BCUT2D eigenvalue weighted by Gasteiger charge is 2.10. The molecule has 1 unspecified atom stereocenters. The maximum Gasteiger partial charge on any atom is 0.171 e. The van der Waals surface area contributed by atoms with Gasteiger partial charge in [-0.25, -0.2) is 15.0 Å². The number of nitrogens with one attached hydrogen (secondary N) is 1. The molecular weight excluding hydrogens is 232 g/mol. The van der Waals surface area contributed by atoms with E-state index in [4.69, 9.17) is 11.6 Å². The molecule has 1 atom stereocenters. The lowest BCUT2D eigenvalue weighted by Gasteiger charge is -2.11. The molecule has 0 saturated carbocycles. The minimum atomic E-state index is 0.0826. The van der Waals surface area contributed by atoms with Gasteiger partial charge in [-0.2, -0.15) is 0 Å². The van der Waals surface area contributed by atoms with Crippen molar-refractivity contribution in [1.29, 1.82) is 0 Å². The lowest BCUT2D eigenvalue weighted by Crippen LogP contribution is -2.08. The average molecular weight is 241 g/mol. The molecule has 2 aromatic rings. The second kappa shape index (κ2) is 4.55. The predicted octanol–water partition coefficient (Wildman–Crippen LogP) is 2.76. The standard InChI is InChI=1S/C9H9ClN4S/c1-6(9-13-4-5-15-9)14-8-7(10)11-2-3-12-8/h2-6H,1H3,(H,12,14). The Morgan fingerprint density at radius 2 is 2.07 bits per heavy atom. The van der Waals surface area contributed by atoms with Crippen LogP contribution in [0.5, 0.6) is 0 Å². The van der Waals surface area contributed by atoms with Crippen molar-refractivity contribution in [3.05, 3.63) is 34.1 Å². The Labute approximate surface area is 96.4 Å². The Morgan fingerprint density at radius 3 is 2.73 bits per heavy atom. The zero-order valence-corrected chi connectivity index (χ0v) is 9.59. The minimum Gasteiger partial charge on any atom is -0.359 e. The number of thiazole rings is 1. The molecule has 2 heterocycles. The number of aromatic nitrogens is 3. The summed E-state index contributed by atoms with van der Waals surface area (Å²) in [5.74, 6) is 0.585. The Bertz CT molecular complexity index is 431. The first kappa shape index (κ1) is 10.3. The van der Waals surface area contributed by atoms with E-state index in [0.717, 1.165) is 5.01 Å². The van der Waals surface area contributed by atoms with Crippen LogP contribution in [0.15, 0.2) is 24.0 Å². The van der Waals surface area contributed by atoms with Gasteiger partial charge in [-0.3, -0.25) is 0 Å². The Morgan fingerprint density at radius 1 is 1.27 bits per heavy atom. The van der Waals surface area contributed by atoms with Crippen LogP contribution in [0.3, 0.4) is 0 Å². The van der Waals surface area contributed by atoms with Gasteiger partial charge >= 0.3 is 0 Å². The molecule has 0 bridgehead atoms. The highest BCUT2D eigenvalue weighted by atomic mass is 35.5. The summed E-state index contributed by atoms with van der Waals surface area (Å²) in [4.78, 5) is 12.2. The average Bonchev–Trinajstić information content (AvgIpc) is 2.74. The maximum absolute atomic E-state index is 5.88. The number of rotatable bonds is 3. The summed E-state index contributed by atoms with van der Waals surface area (Å²) in [7, 11) is 0. The predicted molar refractivity (Wildman–Crippen MR) is 61.2 cm³/mol. The highest BCUT2D eigenvalue weighted by Crippen LogP contribution is 2.22. The Kier molecular flexibility index (Phi) is 3.13. The number of hydrogen-bond donors (Lipinski definition) is 1. The molecule has 6 heteroatoms. The minimum absolute atomic E-state index is 0.0826. The van der Waals surface area contributed by atoms with Gasteiger partial charge in [0, 0.05) is 24.0 Å². The van der Waals surface area contributed by atoms with Gasteiger partial charge in [0.25, 0.3) is 0 Å². The fourth-order valence-corrected chi connectivity index (χ4v) is 1.94. The first-order chi connectivity index (χ1) is 7.27. The lowest BCUT2D eigenvalue weighted by molar-refractivity contribution is 0.858. The fourth-order valence-electron chi connectivity index (χ4n) is 1.13. The molecule has 0 radical (unpaired) electrons. The van der Waals surface area contributed by atoms with Crippen molar-refractivity contribution in [2.45, 2.75) is 13.0 Å². The van der Waals surface area contributed by atoms with Gasteiger partial charge in [0.15, 0.2) is 11.0 Å². The van der Waals surface area contributed by atoms with Gasteiger partial charge in [0.05, 0.1) is 6.04 Å². The first-order valence-corrected chi connectivity index (χ1v) is 5.65. The van der Waals surface area contributed by atoms with E-state index < -0.39 is 0 Å². The molecule has 2 aromatic heterocycles. The zero-order valence-electron chi connectivity index (χ0n) is 8.01. The van der Waals surface area contributed by atoms with Crippen LogP contribution in [0.25, 0.3) is 0 Å². The molecule has 2 rings (SSSR count). The molecular formula is C9H9ClN4S. The molecule has 0 aliphatic rings. The Hall–Kier alpha value is -1.20. The fraction of sp³-hybridized carbons (Fsp3) is 0.222. The molecule has 0 saturated heterocycles. The third-order valence-corrected chi connectivity index (χ3v) is 3.06. The van der Waals surface area contributed by atoms with E-state index in [1.807, 2.05) is 12.3 Å². The third kappa shape index (κ3) is 2.43. The largest absolute Gasteiger partial charge is 0.359 e. The number of nitrogens with zero attached hydrogens (tertiary/aromatic N) is 3. The number of halogens is 1. The monoisotopic (exact) mass is 240 g/mol. The molecule has 1 N–H and O–H groups in total. The highest BCUT2D eigenvalue weighted by molar-refractivity contribution is 7.09. The van der Waals surface area contributed by atoms with Gasteiger partial charge in [-0.15, -0.1) is 11.3 Å². The van der Waals surface area contributed by atoms with Crippen molar-refractivity contribution >= 4 is 28.8 Å². The molecule has 0 aliphatic carbocycles. The summed E-state index contributed by atoms with van der Waals surface area (Å²) in [5, 5.41) is 6.46. The number of anilines is 1. The summed E-state index contributed by atoms with van der Waals surface area (Å²) in [6, 6.07) is 0.0826. The second-order valence-electron chi connectivity index (χ2n) is 2.93. The molecule has 15 heavy (non-hydrogen) atoms. The van der Waals surface area contributed by atoms with Gasteiger partial charge in [0.1, 0.15) is 5.01 Å². The van der Waals surface area contributed by atoms with Crippen LogP contribution in [0.4, 0.5) is 5.82 Å². The summed E-state index contributed by atoms with van der Waals surface area (Å²) in [6.45, 7) is 2.00. The normalized spacial score (nSPS) is 12.4. The van der Waals surface area contributed by atoms with Crippen LogP contribution >= 0.6 is 22.9 Å². The number of hydrogen-bond acceptors (Lipinski definition) is 5. The van der Waals surface area contributed by atoms with Gasteiger partial charge in [-0.1, -0.05) is 11.6 Å². The molecule has 4 nitrogen and oxygen atoms in total. The third-order valence-electron chi connectivity index (χ3n) is 1.83. The van der Waals surface area contributed by atoms with E-state index in [1.165, 1.54) is 0 Å². The maximum atomic E-state index is 5.88. The molecule has 0 aliphatic heterocycles. The molecule has 0 amide bonds. The quantitative estimate of drug-likeness (QED) is 0.896. The molecule has 0 fully saturated rings. The van der Waals surface area contributed by atoms with E-state index in [0.29, 0.717) is 11.0 Å². The summed E-state index contributed by atoms with van der Waals surface area (Å²) in [5.41, 5.74) is 0. The second-order valence-corrected chi connectivity index (χ2v) is 4.22. The van der Waals surface area contributed by atoms with Crippen LogP contribution in [-0.2, 0) is 0 Å². The van der Waals surface area contributed by atoms with Crippen molar-refractivity contribution in [3.63, 3.8) is 0 Å². The van der Waals surface area contributed by atoms with Crippen molar-refractivity contribution in [2.24, 2.45) is 0 Å². The van der Waals surface area contributed by atoms with Crippen LogP contribution in [-0.4, -0.2) is 15.0 Å². The van der Waals surface area contributed by atoms with Crippen molar-refractivity contribution < 1.29 is 0 Å².